The van der Waals surface area contributed by atoms with Crippen molar-refractivity contribution >= 4 is 17.5 Å². The van der Waals surface area contributed by atoms with E-state index in [1.165, 1.54) is 18.2 Å². The molecule has 6 heteroatoms. The van der Waals surface area contributed by atoms with E-state index in [0.29, 0.717) is 38.2 Å². The number of hydrogen-bond acceptors (Lipinski definition) is 5. The maximum Gasteiger partial charge on any atom is 0.305 e. The monoisotopic (exact) mass is 282 g/mol. The second-order valence-corrected chi connectivity index (χ2v) is 4.24. The molecule has 1 aliphatic rings. The molecule has 1 aliphatic carbocycles. The van der Waals surface area contributed by atoms with Crippen molar-refractivity contribution in [1.82, 2.24) is 0 Å². The van der Waals surface area contributed by atoms with Gasteiger partial charge in [0.1, 0.15) is 0 Å². The fraction of sp³-hybridized carbons (Fsp3) is 0.500. The number of carboxylic acid groups (broad SMARTS) is 1. The van der Waals surface area contributed by atoms with Gasteiger partial charge in [-0.15, -0.1) is 0 Å². The van der Waals surface area contributed by atoms with Crippen molar-refractivity contribution in [3.05, 3.63) is 23.8 Å². The van der Waals surface area contributed by atoms with E-state index in [1.54, 1.807) is 0 Å². The third-order valence-corrected chi connectivity index (χ3v) is 2.60. The topological polar surface area (TPSA) is 89.9 Å². The van der Waals surface area contributed by atoms with Crippen molar-refractivity contribution in [1.29, 1.82) is 0 Å². The van der Waals surface area contributed by atoms with Gasteiger partial charge in [-0.2, -0.15) is 0 Å². The molecular formula is C14H18O6. The third kappa shape index (κ3) is 6.96. The van der Waals surface area contributed by atoms with Gasteiger partial charge in [0, 0.05) is 12.2 Å². The van der Waals surface area contributed by atoms with E-state index in [0.717, 1.165) is 0 Å². The van der Waals surface area contributed by atoms with E-state index in [-0.39, 0.29) is 24.6 Å². The predicted molar refractivity (Wildman–Crippen MR) is 70.4 cm³/mol. The molecule has 0 bridgehead atoms. The highest BCUT2D eigenvalue weighted by molar-refractivity contribution is 6.17. The Morgan fingerprint density at radius 1 is 1.05 bits per heavy atom. The lowest BCUT2D eigenvalue weighted by molar-refractivity contribution is -0.138. The number of ketones is 2. The summed E-state index contributed by atoms with van der Waals surface area (Å²) in [4.78, 5) is 32.7. The lowest BCUT2D eigenvalue weighted by Gasteiger charge is -2.07. The third-order valence-electron chi connectivity index (χ3n) is 2.60. The van der Waals surface area contributed by atoms with Crippen molar-refractivity contribution in [3.8, 4) is 0 Å². The molecule has 1 N–H and O–H groups in total. The highest BCUT2D eigenvalue weighted by atomic mass is 16.5. The van der Waals surface area contributed by atoms with Crippen LogP contribution in [0.15, 0.2) is 23.8 Å². The maximum absolute atomic E-state index is 11.4. The fourth-order valence-electron chi connectivity index (χ4n) is 1.60. The van der Waals surface area contributed by atoms with Gasteiger partial charge in [0.05, 0.1) is 26.2 Å². The Bertz CT molecular complexity index is 421. The number of carboxylic acids is 1. The Morgan fingerprint density at radius 2 is 1.75 bits per heavy atom. The summed E-state index contributed by atoms with van der Waals surface area (Å²) in [5.41, 5.74) is 0.513. The summed E-state index contributed by atoms with van der Waals surface area (Å²) >= 11 is 0. The number of hydrogen-bond donors (Lipinski definition) is 1. The zero-order valence-corrected chi connectivity index (χ0v) is 11.2. The molecule has 0 unspecified atom stereocenters. The Labute approximate surface area is 117 Å². The van der Waals surface area contributed by atoms with Gasteiger partial charge in [-0.1, -0.05) is 0 Å². The Hall–Kier alpha value is -1.79. The number of allylic oxidation sites excluding steroid dienone is 4. The van der Waals surface area contributed by atoms with Crippen LogP contribution in [0.1, 0.15) is 19.3 Å². The zero-order valence-electron chi connectivity index (χ0n) is 11.2. The fourth-order valence-corrected chi connectivity index (χ4v) is 1.60. The molecule has 0 aromatic carbocycles. The molecule has 0 fully saturated rings. The van der Waals surface area contributed by atoms with E-state index < -0.39 is 5.97 Å². The largest absolute Gasteiger partial charge is 0.481 e. The summed E-state index contributed by atoms with van der Waals surface area (Å²) < 4.78 is 10.3. The van der Waals surface area contributed by atoms with E-state index >= 15 is 0 Å². The van der Waals surface area contributed by atoms with Crippen molar-refractivity contribution < 1.29 is 29.0 Å². The molecule has 110 valence electrons. The van der Waals surface area contributed by atoms with Crippen molar-refractivity contribution in [2.24, 2.45) is 0 Å². The summed E-state index contributed by atoms with van der Waals surface area (Å²) in [5.74, 6) is -1.17. The normalized spacial score (nSPS) is 14.5. The molecule has 0 aromatic heterocycles. The molecule has 0 radical (unpaired) electrons. The van der Waals surface area contributed by atoms with Gasteiger partial charge >= 0.3 is 5.97 Å². The Morgan fingerprint density at radius 3 is 2.45 bits per heavy atom. The molecule has 0 heterocycles. The van der Waals surface area contributed by atoms with Gasteiger partial charge in [0.25, 0.3) is 0 Å². The van der Waals surface area contributed by atoms with Gasteiger partial charge in [-0.3, -0.25) is 14.4 Å². The Kier molecular flexibility index (Phi) is 7.46. The van der Waals surface area contributed by atoms with Crippen LogP contribution in [0.2, 0.25) is 0 Å². The minimum atomic E-state index is -0.889. The molecule has 0 amide bonds. The van der Waals surface area contributed by atoms with Gasteiger partial charge in [0.15, 0.2) is 11.6 Å². The number of carbonyl (C=O) groups is 3. The van der Waals surface area contributed by atoms with E-state index in [1.807, 2.05) is 0 Å². The van der Waals surface area contributed by atoms with Crippen molar-refractivity contribution in [3.63, 3.8) is 0 Å². The quantitative estimate of drug-likeness (QED) is 0.473. The summed E-state index contributed by atoms with van der Waals surface area (Å²) in [5, 5.41) is 8.38. The number of carbonyl (C=O) groups excluding carboxylic acids is 2. The number of rotatable bonds is 10. The summed E-state index contributed by atoms with van der Waals surface area (Å²) in [6.45, 7) is 1.36. The summed E-state index contributed by atoms with van der Waals surface area (Å²) in [7, 11) is 0. The van der Waals surface area contributed by atoms with Gasteiger partial charge < -0.3 is 14.6 Å². The molecule has 0 saturated carbocycles. The van der Waals surface area contributed by atoms with Crippen LogP contribution in [-0.2, 0) is 23.9 Å². The van der Waals surface area contributed by atoms with Crippen LogP contribution in [0.4, 0.5) is 0 Å². The average molecular weight is 282 g/mol. The second-order valence-electron chi connectivity index (χ2n) is 4.24. The first kappa shape index (κ1) is 16.3. The molecule has 0 atom stereocenters. The molecule has 1 rings (SSSR count). The van der Waals surface area contributed by atoms with Crippen LogP contribution in [-0.4, -0.2) is 49.1 Å². The summed E-state index contributed by atoms with van der Waals surface area (Å²) in [6, 6.07) is 0. The average Bonchev–Trinajstić information content (AvgIpc) is 2.40. The van der Waals surface area contributed by atoms with Crippen LogP contribution in [0.25, 0.3) is 0 Å². The SMILES string of the molecule is O=C1C=CC(=O)C(CCCOCCOCCC(=O)O)=C1. The minimum absolute atomic E-state index is 0.0161. The smallest absolute Gasteiger partial charge is 0.305 e. The number of aliphatic carboxylic acids is 1. The zero-order chi connectivity index (χ0) is 14.8. The lowest BCUT2D eigenvalue weighted by Crippen LogP contribution is -2.10. The second kappa shape index (κ2) is 9.17. The van der Waals surface area contributed by atoms with Gasteiger partial charge in [0.2, 0.25) is 0 Å². The number of ether oxygens (including phenoxy) is 2. The van der Waals surface area contributed by atoms with E-state index in [2.05, 4.69) is 0 Å². The molecule has 0 aromatic rings. The molecule has 0 aliphatic heterocycles. The summed E-state index contributed by atoms with van der Waals surface area (Å²) in [6.07, 6.45) is 5.05. The van der Waals surface area contributed by atoms with Crippen LogP contribution < -0.4 is 0 Å². The van der Waals surface area contributed by atoms with Crippen LogP contribution in [0.3, 0.4) is 0 Å². The molecular weight excluding hydrogens is 264 g/mol. The van der Waals surface area contributed by atoms with Crippen LogP contribution in [0.5, 0.6) is 0 Å². The molecule has 20 heavy (non-hydrogen) atoms. The molecule has 0 saturated heterocycles. The van der Waals surface area contributed by atoms with Gasteiger partial charge in [-0.05, 0) is 31.1 Å². The van der Waals surface area contributed by atoms with Gasteiger partial charge in [-0.25, -0.2) is 0 Å². The predicted octanol–water partition coefficient (Wildman–Crippen LogP) is 0.909. The highest BCUT2D eigenvalue weighted by Crippen LogP contribution is 2.11. The van der Waals surface area contributed by atoms with Crippen LogP contribution >= 0.6 is 0 Å². The van der Waals surface area contributed by atoms with E-state index in [4.69, 9.17) is 14.6 Å². The van der Waals surface area contributed by atoms with Crippen molar-refractivity contribution in [2.45, 2.75) is 19.3 Å². The maximum atomic E-state index is 11.4. The molecule has 0 spiro atoms. The van der Waals surface area contributed by atoms with Crippen LogP contribution in [0, 0.1) is 0 Å². The van der Waals surface area contributed by atoms with E-state index in [9.17, 15) is 14.4 Å². The molecule has 6 nitrogen and oxygen atoms in total. The first-order chi connectivity index (χ1) is 9.59. The first-order valence-corrected chi connectivity index (χ1v) is 6.44. The standard InChI is InChI=1S/C14H18O6/c15-12-3-4-13(16)11(10-12)2-1-6-19-8-9-20-7-5-14(17)18/h3-4,10H,1-2,5-9H2,(H,17,18). The first-order valence-electron chi connectivity index (χ1n) is 6.44. The minimum Gasteiger partial charge on any atom is -0.481 e. The Balaban J connectivity index is 1.98. The van der Waals surface area contributed by atoms with Crippen molar-refractivity contribution in [2.75, 3.05) is 26.4 Å². The lowest BCUT2D eigenvalue weighted by atomic mass is 10.00. The highest BCUT2D eigenvalue weighted by Gasteiger charge is 2.12.